The van der Waals surface area contributed by atoms with Gasteiger partial charge in [-0.25, -0.2) is 14.6 Å². The molecule has 1 aliphatic rings. The molecule has 0 radical (unpaired) electrons. The van der Waals surface area contributed by atoms with Gasteiger partial charge in [0.15, 0.2) is 5.65 Å². The molecule has 0 saturated heterocycles. The SMILES string of the molecule is Nc1ncnc2c1c(-c1ccc(CNC(=O)c3cc4ccccc4[nH]3)cc1)nn2C1CCC(O)C1. The number of nitrogen functional groups attached to an aromatic ring is 1. The van der Waals surface area contributed by atoms with Crippen LogP contribution in [-0.4, -0.2) is 41.9 Å². The summed E-state index contributed by atoms with van der Waals surface area (Å²) < 4.78 is 1.88. The number of aliphatic hydroxyl groups is 1. The summed E-state index contributed by atoms with van der Waals surface area (Å²) in [4.78, 5) is 24.4. The number of hydrogen-bond acceptors (Lipinski definition) is 6. The van der Waals surface area contributed by atoms with Gasteiger partial charge in [0.1, 0.15) is 23.5 Å². The quantitative estimate of drug-likeness (QED) is 0.312. The Morgan fingerprint density at radius 3 is 2.74 bits per heavy atom. The molecule has 3 aromatic heterocycles. The molecule has 9 nitrogen and oxygen atoms in total. The van der Waals surface area contributed by atoms with Crippen molar-refractivity contribution in [2.24, 2.45) is 0 Å². The van der Waals surface area contributed by atoms with E-state index in [1.165, 1.54) is 6.33 Å². The van der Waals surface area contributed by atoms with Gasteiger partial charge in [0.25, 0.3) is 5.91 Å². The Balaban J connectivity index is 1.23. The van der Waals surface area contributed by atoms with Crippen molar-refractivity contribution in [3.8, 4) is 11.3 Å². The van der Waals surface area contributed by atoms with Crippen LogP contribution in [0.2, 0.25) is 0 Å². The van der Waals surface area contributed by atoms with Crippen LogP contribution in [0.15, 0.2) is 60.9 Å². The number of aromatic nitrogens is 5. The molecule has 1 aliphatic carbocycles. The average molecular weight is 468 g/mol. The molecule has 6 rings (SSSR count). The lowest BCUT2D eigenvalue weighted by molar-refractivity contribution is 0.0946. The zero-order valence-electron chi connectivity index (χ0n) is 19.0. The number of aliphatic hydroxyl groups excluding tert-OH is 1. The number of carbonyl (C=O) groups excluding carboxylic acids is 1. The van der Waals surface area contributed by atoms with Gasteiger partial charge in [-0.1, -0.05) is 42.5 Å². The molecule has 0 aliphatic heterocycles. The second kappa shape index (κ2) is 8.52. The molecule has 35 heavy (non-hydrogen) atoms. The maximum atomic E-state index is 12.6. The Morgan fingerprint density at radius 1 is 1.14 bits per heavy atom. The van der Waals surface area contributed by atoms with Crippen molar-refractivity contribution in [2.75, 3.05) is 5.73 Å². The molecule has 3 heterocycles. The number of nitrogens with two attached hydrogens (primary N) is 1. The maximum absolute atomic E-state index is 12.6. The Kier molecular flexibility index (Phi) is 5.18. The topological polar surface area (TPSA) is 135 Å². The summed E-state index contributed by atoms with van der Waals surface area (Å²) in [6.45, 7) is 0.398. The summed E-state index contributed by atoms with van der Waals surface area (Å²) >= 11 is 0. The third-order valence-corrected chi connectivity index (χ3v) is 6.70. The molecule has 0 bridgehead atoms. The standard InChI is InChI=1S/C26H25N7O2/c27-24-22-23(32-33(25(22)30-14-29-24)18-9-10-19(34)12-18)16-7-5-15(6-8-16)13-28-26(35)21-11-17-3-1-2-4-20(17)31-21/h1-8,11,14,18-19,31,34H,9-10,12-13H2,(H,28,35)(H2,27,29,30). The first-order valence-electron chi connectivity index (χ1n) is 11.7. The predicted octanol–water partition coefficient (Wildman–Crippen LogP) is 3.57. The van der Waals surface area contributed by atoms with E-state index in [4.69, 9.17) is 10.8 Å². The molecule has 9 heteroatoms. The van der Waals surface area contributed by atoms with Crippen LogP contribution in [0.5, 0.6) is 0 Å². The molecule has 0 spiro atoms. The molecule has 2 aromatic carbocycles. The Hall–Kier alpha value is -4.24. The number of aromatic amines is 1. The lowest BCUT2D eigenvalue weighted by Crippen LogP contribution is -2.23. The summed E-state index contributed by atoms with van der Waals surface area (Å²) in [5.74, 6) is 0.225. The molecular formula is C26H25N7O2. The molecule has 2 atom stereocenters. The zero-order chi connectivity index (χ0) is 23.9. The fourth-order valence-electron chi connectivity index (χ4n) is 4.86. The number of carbonyl (C=O) groups is 1. The van der Waals surface area contributed by atoms with Crippen LogP contribution >= 0.6 is 0 Å². The normalized spacial score (nSPS) is 17.9. The first kappa shape index (κ1) is 21.3. The van der Waals surface area contributed by atoms with E-state index < -0.39 is 0 Å². The van der Waals surface area contributed by atoms with Gasteiger partial charge < -0.3 is 21.1 Å². The Labute approximate surface area is 201 Å². The van der Waals surface area contributed by atoms with Crippen molar-refractivity contribution < 1.29 is 9.90 Å². The van der Waals surface area contributed by atoms with Crippen LogP contribution in [-0.2, 0) is 6.54 Å². The van der Waals surface area contributed by atoms with Gasteiger partial charge in [0.2, 0.25) is 0 Å². The molecule has 1 saturated carbocycles. The fraction of sp³-hybridized carbons (Fsp3) is 0.231. The summed E-state index contributed by atoms with van der Waals surface area (Å²) in [5.41, 5.74) is 10.9. The van der Waals surface area contributed by atoms with E-state index in [0.29, 0.717) is 41.2 Å². The summed E-state index contributed by atoms with van der Waals surface area (Å²) in [7, 11) is 0. The van der Waals surface area contributed by atoms with Crippen molar-refractivity contribution in [3.63, 3.8) is 0 Å². The minimum absolute atomic E-state index is 0.0784. The third kappa shape index (κ3) is 3.89. The van der Waals surface area contributed by atoms with Gasteiger partial charge in [-0.15, -0.1) is 0 Å². The van der Waals surface area contributed by atoms with Crippen LogP contribution in [0.25, 0.3) is 33.2 Å². The van der Waals surface area contributed by atoms with Gasteiger partial charge in [0, 0.05) is 23.0 Å². The highest BCUT2D eigenvalue weighted by Gasteiger charge is 2.28. The van der Waals surface area contributed by atoms with E-state index >= 15 is 0 Å². The van der Waals surface area contributed by atoms with Crippen LogP contribution in [0.4, 0.5) is 5.82 Å². The highest BCUT2D eigenvalue weighted by Crippen LogP contribution is 2.36. The first-order valence-corrected chi connectivity index (χ1v) is 11.7. The molecule has 176 valence electrons. The second-order valence-corrected chi connectivity index (χ2v) is 9.02. The largest absolute Gasteiger partial charge is 0.393 e. The number of amides is 1. The molecule has 5 N–H and O–H groups in total. The van der Waals surface area contributed by atoms with Crippen LogP contribution in [0.3, 0.4) is 0 Å². The second-order valence-electron chi connectivity index (χ2n) is 9.02. The van der Waals surface area contributed by atoms with Gasteiger partial charge >= 0.3 is 0 Å². The van der Waals surface area contributed by atoms with Gasteiger partial charge in [-0.05, 0) is 37.0 Å². The summed E-state index contributed by atoms with van der Waals surface area (Å²) in [6.07, 6.45) is 3.37. The highest BCUT2D eigenvalue weighted by atomic mass is 16.3. The maximum Gasteiger partial charge on any atom is 0.267 e. The van der Waals surface area contributed by atoms with E-state index in [1.54, 1.807) is 0 Å². The number of H-pyrrole nitrogens is 1. The number of hydrogen-bond donors (Lipinski definition) is 4. The fourth-order valence-corrected chi connectivity index (χ4v) is 4.86. The molecular weight excluding hydrogens is 442 g/mol. The number of benzene rings is 2. The van der Waals surface area contributed by atoms with E-state index in [-0.39, 0.29) is 18.1 Å². The molecule has 1 fully saturated rings. The van der Waals surface area contributed by atoms with Crippen molar-refractivity contribution in [3.05, 3.63) is 72.2 Å². The number of fused-ring (bicyclic) bond motifs is 2. The van der Waals surface area contributed by atoms with Crippen LogP contribution in [0.1, 0.15) is 41.4 Å². The van der Waals surface area contributed by atoms with Crippen molar-refractivity contribution in [1.29, 1.82) is 0 Å². The van der Waals surface area contributed by atoms with Gasteiger partial charge in [-0.2, -0.15) is 5.10 Å². The third-order valence-electron chi connectivity index (χ3n) is 6.70. The number of para-hydroxylation sites is 1. The number of anilines is 1. The van der Waals surface area contributed by atoms with Crippen molar-refractivity contribution in [2.45, 2.75) is 38.0 Å². The smallest absolute Gasteiger partial charge is 0.267 e. The Bertz CT molecular complexity index is 1500. The number of rotatable bonds is 5. The average Bonchev–Trinajstić information content (AvgIpc) is 3.59. The highest BCUT2D eigenvalue weighted by molar-refractivity contribution is 5.99. The lowest BCUT2D eigenvalue weighted by Gasteiger charge is -2.10. The summed E-state index contributed by atoms with van der Waals surface area (Å²) in [5, 5.41) is 19.5. The number of nitrogens with one attached hydrogen (secondary N) is 2. The predicted molar refractivity (Wildman–Crippen MR) is 134 cm³/mol. The lowest BCUT2D eigenvalue weighted by atomic mass is 10.1. The van der Waals surface area contributed by atoms with Crippen molar-refractivity contribution in [1.82, 2.24) is 30.0 Å². The monoisotopic (exact) mass is 467 g/mol. The van der Waals surface area contributed by atoms with Crippen LogP contribution in [0, 0.1) is 0 Å². The molecule has 5 aromatic rings. The minimum Gasteiger partial charge on any atom is -0.393 e. The number of nitrogens with zero attached hydrogens (tertiary/aromatic N) is 4. The van der Waals surface area contributed by atoms with Gasteiger partial charge in [-0.3, -0.25) is 4.79 Å². The minimum atomic E-state index is -0.319. The zero-order valence-corrected chi connectivity index (χ0v) is 19.0. The van der Waals surface area contributed by atoms with Gasteiger partial charge in [0.05, 0.1) is 17.5 Å². The summed E-state index contributed by atoms with van der Waals surface area (Å²) in [6, 6.07) is 17.6. The van der Waals surface area contributed by atoms with Crippen molar-refractivity contribution >= 4 is 33.7 Å². The first-order chi connectivity index (χ1) is 17.1. The van der Waals surface area contributed by atoms with E-state index in [1.807, 2.05) is 59.3 Å². The van der Waals surface area contributed by atoms with E-state index in [0.717, 1.165) is 34.9 Å². The molecule has 1 amide bonds. The van der Waals surface area contributed by atoms with Crippen LogP contribution < -0.4 is 11.1 Å². The Morgan fingerprint density at radius 2 is 1.97 bits per heavy atom. The molecule has 2 unspecified atom stereocenters. The van der Waals surface area contributed by atoms with E-state index in [2.05, 4.69) is 20.3 Å². The van der Waals surface area contributed by atoms with E-state index in [9.17, 15) is 9.90 Å².